The summed E-state index contributed by atoms with van der Waals surface area (Å²) >= 11 is 16.3. The van der Waals surface area contributed by atoms with Gasteiger partial charge in [-0.25, -0.2) is 19.6 Å². The van der Waals surface area contributed by atoms with Gasteiger partial charge >= 0.3 is 23.6 Å². The first-order chi connectivity index (χ1) is 21.6. The molecule has 2 aliphatic heterocycles. The van der Waals surface area contributed by atoms with E-state index in [9.17, 15) is 29.8 Å². The second-order valence-electron chi connectivity index (χ2n) is 12.2. The van der Waals surface area contributed by atoms with E-state index in [1.165, 1.54) is 0 Å². The van der Waals surface area contributed by atoms with E-state index in [1.54, 1.807) is 30.6 Å². The molecular weight excluding hydrogens is 687 g/mol. The Labute approximate surface area is 285 Å². The summed E-state index contributed by atoms with van der Waals surface area (Å²) in [4.78, 5) is 60.8. The van der Waals surface area contributed by atoms with E-state index in [1.807, 2.05) is 20.8 Å². The van der Waals surface area contributed by atoms with E-state index in [2.05, 4.69) is 25.3 Å². The zero-order valence-electron chi connectivity index (χ0n) is 26.6. The van der Waals surface area contributed by atoms with Crippen LogP contribution in [0.25, 0.3) is 0 Å². The normalized spacial score (nSPS) is 17.5. The molecule has 0 bridgehead atoms. The topological polar surface area (TPSA) is 235 Å². The van der Waals surface area contributed by atoms with Crippen LogP contribution < -0.4 is 11.1 Å². The fraction of sp³-hybridized carbons (Fsp3) is 0.615. The maximum atomic E-state index is 12.0. The zero-order valence-corrected chi connectivity index (χ0v) is 28.9. The number of anilines is 1. The highest BCUT2D eigenvalue weighted by molar-refractivity contribution is 6.33. The van der Waals surface area contributed by atoms with Crippen molar-refractivity contribution < 1.29 is 28.9 Å². The van der Waals surface area contributed by atoms with Crippen molar-refractivity contribution in [1.82, 2.24) is 29.7 Å². The number of amides is 2. The molecule has 0 spiro atoms. The third kappa shape index (κ3) is 13.8. The van der Waals surface area contributed by atoms with Gasteiger partial charge in [-0.15, -0.1) is 0 Å². The highest BCUT2D eigenvalue weighted by Crippen LogP contribution is 2.25. The van der Waals surface area contributed by atoms with E-state index in [-0.39, 0.29) is 51.1 Å². The number of nitrogens with one attached hydrogen (secondary N) is 1. The van der Waals surface area contributed by atoms with Gasteiger partial charge in [0.05, 0.1) is 9.85 Å². The Balaban J connectivity index is 0.000000270. The van der Waals surface area contributed by atoms with E-state index >= 15 is 0 Å². The molecule has 2 aliphatic rings. The molecule has 3 N–H and O–H groups in total. The molecule has 0 saturated carbocycles. The van der Waals surface area contributed by atoms with E-state index < -0.39 is 27.1 Å². The van der Waals surface area contributed by atoms with Gasteiger partial charge in [0.25, 0.3) is 0 Å². The highest BCUT2D eigenvalue weighted by Gasteiger charge is 2.31. The van der Waals surface area contributed by atoms with Gasteiger partial charge in [-0.2, -0.15) is 9.97 Å². The summed E-state index contributed by atoms with van der Waals surface area (Å²) in [6, 6.07) is -0.0558. The Morgan fingerprint density at radius 3 is 1.77 bits per heavy atom. The molecule has 2 atom stereocenters. The first-order valence-electron chi connectivity index (χ1n) is 14.1. The summed E-state index contributed by atoms with van der Waals surface area (Å²) in [5, 5.41) is 23.6. The Morgan fingerprint density at radius 2 is 1.32 bits per heavy atom. The SMILES string of the molecule is CC(C)(C)OC(=O)N1CCC(N)C1.CC(C)(C)OC(=O)N1CCC(Nc2nc(Cl)ncc2[N+](=O)[O-])C1.O=[N+]([O-])c1cnc(Cl)nc1Cl. The average Bonchev–Trinajstić information content (AvgIpc) is 3.56. The van der Waals surface area contributed by atoms with Crippen molar-refractivity contribution in [1.29, 1.82) is 0 Å². The monoisotopic (exact) mass is 722 g/mol. The van der Waals surface area contributed by atoms with Crippen LogP contribution >= 0.6 is 34.8 Å². The fourth-order valence-electron chi connectivity index (χ4n) is 3.89. The van der Waals surface area contributed by atoms with Gasteiger partial charge in [-0.1, -0.05) is 11.6 Å². The standard InChI is InChI=1S/C13H18ClN5O4.C9H18N2O2.C4HCl2N3O2/c1-13(2,3)23-12(20)18-5-4-8(7-18)16-10-9(19(21)22)6-15-11(14)17-10;1-9(2,3)13-8(12)11-5-4-7(10)6-11;5-3-2(9(10)11)1-7-4(6)8-3/h6,8H,4-5,7H2,1-3H3,(H,15,16,17);7H,4-6,10H2,1-3H3;1H. The summed E-state index contributed by atoms with van der Waals surface area (Å²) in [5.74, 6) is 0.0473. The van der Waals surface area contributed by atoms with Gasteiger partial charge in [0.2, 0.25) is 21.5 Å². The molecule has 2 aromatic heterocycles. The van der Waals surface area contributed by atoms with Crippen molar-refractivity contribution in [2.75, 3.05) is 31.5 Å². The number of nitro groups is 2. The van der Waals surface area contributed by atoms with Gasteiger partial charge in [-0.05, 0) is 77.6 Å². The first-order valence-corrected chi connectivity index (χ1v) is 15.3. The van der Waals surface area contributed by atoms with Crippen LogP contribution in [-0.4, -0.2) is 101 Å². The van der Waals surface area contributed by atoms with Crippen molar-refractivity contribution in [3.63, 3.8) is 0 Å². The van der Waals surface area contributed by atoms with Crippen LogP contribution in [-0.2, 0) is 9.47 Å². The number of aromatic nitrogens is 4. The summed E-state index contributed by atoms with van der Waals surface area (Å²) in [6.45, 7) is 13.2. The minimum Gasteiger partial charge on any atom is -0.444 e. The predicted molar refractivity (Wildman–Crippen MR) is 173 cm³/mol. The summed E-state index contributed by atoms with van der Waals surface area (Å²) in [5.41, 5.74) is 4.09. The number of hydrogen-bond acceptors (Lipinski definition) is 14. The number of carbonyl (C=O) groups excluding carboxylic acids is 2. The number of rotatable bonds is 4. The average molecular weight is 724 g/mol. The second kappa shape index (κ2) is 16.8. The molecule has 0 aliphatic carbocycles. The lowest BCUT2D eigenvalue weighted by Crippen LogP contribution is -2.36. The maximum absolute atomic E-state index is 12.0. The maximum Gasteiger partial charge on any atom is 0.410 e. The van der Waals surface area contributed by atoms with Crippen molar-refractivity contribution in [2.24, 2.45) is 5.73 Å². The summed E-state index contributed by atoms with van der Waals surface area (Å²) in [7, 11) is 0. The summed E-state index contributed by atoms with van der Waals surface area (Å²) < 4.78 is 10.5. The van der Waals surface area contributed by atoms with E-state index in [4.69, 9.17) is 50.0 Å². The van der Waals surface area contributed by atoms with Crippen molar-refractivity contribution in [3.05, 3.63) is 48.3 Å². The lowest BCUT2D eigenvalue weighted by atomic mass is 10.2. The number of halogens is 3. The molecule has 4 heterocycles. The molecule has 2 fully saturated rings. The van der Waals surface area contributed by atoms with Gasteiger partial charge in [0.1, 0.15) is 23.6 Å². The number of nitrogens with zero attached hydrogens (tertiary/aromatic N) is 8. The molecule has 2 aromatic rings. The number of carbonyl (C=O) groups is 2. The molecule has 2 saturated heterocycles. The Morgan fingerprint density at radius 1 is 0.851 bits per heavy atom. The smallest absolute Gasteiger partial charge is 0.410 e. The van der Waals surface area contributed by atoms with Crippen LogP contribution in [0.5, 0.6) is 0 Å². The molecule has 2 amide bonds. The minimum absolute atomic E-state index is 0.0473. The number of nitrogens with two attached hydrogens (primary N) is 1. The van der Waals surface area contributed by atoms with Gasteiger partial charge in [-0.3, -0.25) is 20.2 Å². The van der Waals surface area contributed by atoms with Crippen LogP contribution in [0, 0.1) is 20.2 Å². The van der Waals surface area contributed by atoms with Gasteiger partial charge < -0.3 is 30.3 Å². The largest absolute Gasteiger partial charge is 0.444 e. The minimum atomic E-state index is -0.682. The Bertz CT molecular complexity index is 1440. The lowest BCUT2D eigenvalue weighted by Gasteiger charge is -2.24. The van der Waals surface area contributed by atoms with Crippen molar-refractivity contribution >= 4 is 64.2 Å². The zero-order chi connectivity index (χ0) is 35.7. The molecule has 47 heavy (non-hydrogen) atoms. The molecule has 0 aromatic carbocycles. The number of ether oxygens (including phenoxy) is 2. The van der Waals surface area contributed by atoms with Crippen LogP contribution in [0.3, 0.4) is 0 Å². The third-order valence-electron chi connectivity index (χ3n) is 5.89. The number of likely N-dealkylation sites (tertiary alicyclic amines) is 2. The van der Waals surface area contributed by atoms with Crippen LogP contribution in [0.1, 0.15) is 54.4 Å². The molecule has 21 heteroatoms. The van der Waals surface area contributed by atoms with Gasteiger partial charge in [0.15, 0.2) is 0 Å². The quantitative estimate of drug-likeness (QED) is 0.181. The molecule has 18 nitrogen and oxygen atoms in total. The van der Waals surface area contributed by atoms with Crippen molar-refractivity contribution in [2.45, 2.75) is 77.7 Å². The molecule has 0 radical (unpaired) electrons. The fourth-order valence-corrected chi connectivity index (χ4v) is 4.40. The van der Waals surface area contributed by atoms with E-state index in [0.29, 0.717) is 26.1 Å². The molecule has 260 valence electrons. The second-order valence-corrected chi connectivity index (χ2v) is 13.3. The van der Waals surface area contributed by atoms with Crippen molar-refractivity contribution in [3.8, 4) is 0 Å². The van der Waals surface area contributed by atoms with E-state index in [0.717, 1.165) is 25.4 Å². The van der Waals surface area contributed by atoms with Crippen LogP contribution in [0.15, 0.2) is 12.4 Å². The summed E-state index contributed by atoms with van der Waals surface area (Å²) in [6.07, 6.45) is 2.85. The van der Waals surface area contributed by atoms with Gasteiger partial charge in [0, 0.05) is 38.3 Å². The Hall–Kier alpha value is -3.87. The highest BCUT2D eigenvalue weighted by atomic mass is 35.5. The predicted octanol–water partition coefficient (Wildman–Crippen LogP) is 5.11. The van der Waals surface area contributed by atoms with Crippen LogP contribution in [0.2, 0.25) is 15.7 Å². The number of hydrogen-bond donors (Lipinski definition) is 2. The lowest BCUT2D eigenvalue weighted by molar-refractivity contribution is -0.385. The first kappa shape index (κ1) is 39.3. The van der Waals surface area contributed by atoms with Crippen LogP contribution in [0.4, 0.5) is 26.8 Å². The molecule has 4 rings (SSSR count). The molecular formula is C26H37Cl3N10O8. The third-order valence-corrected chi connectivity index (χ3v) is 6.53. The Kier molecular flexibility index (Phi) is 14.1. The molecule has 2 unspecified atom stereocenters.